The van der Waals surface area contributed by atoms with E-state index in [0.717, 1.165) is 41.2 Å². The summed E-state index contributed by atoms with van der Waals surface area (Å²) in [4.78, 5) is 9.95. The zero-order chi connectivity index (χ0) is 25.2. The molecule has 3 nitrogen and oxygen atoms in total. The molecule has 0 bridgehead atoms. The summed E-state index contributed by atoms with van der Waals surface area (Å²) < 4.78 is 2.19. The lowest BCUT2D eigenvalue weighted by Gasteiger charge is -2.07. The van der Waals surface area contributed by atoms with Crippen molar-refractivity contribution in [3.05, 3.63) is 124 Å². The standard InChI is InChI=1S/C32H21IN2OS/c33-24-15-18-29(36)23(19-24)20-34-28-14-8-7-13-27(28)32-35-30-25(21-9-3-1-4-10-21)16-17-26(31(30)37-32)22-11-5-2-6-12-22/h1-20,36H/b34-20+. The molecular weight excluding hydrogens is 587 g/mol. The number of benzene rings is 5. The van der Waals surface area contributed by atoms with Crippen molar-refractivity contribution in [2.24, 2.45) is 4.99 Å². The smallest absolute Gasteiger partial charge is 0.126 e. The van der Waals surface area contributed by atoms with Crippen molar-refractivity contribution in [2.45, 2.75) is 0 Å². The molecule has 1 N–H and O–H groups in total. The molecule has 6 rings (SSSR count). The number of para-hydroxylation sites is 1. The van der Waals surface area contributed by atoms with Crippen LogP contribution in [-0.4, -0.2) is 16.3 Å². The van der Waals surface area contributed by atoms with Crippen LogP contribution in [0.25, 0.3) is 43.0 Å². The number of hydrogen-bond donors (Lipinski definition) is 1. The van der Waals surface area contributed by atoms with Crippen molar-refractivity contribution in [3.63, 3.8) is 0 Å². The summed E-state index contributed by atoms with van der Waals surface area (Å²) in [5.74, 6) is 0.210. The van der Waals surface area contributed by atoms with Crippen LogP contribution in [0.3, 0.4) is 0 Å². The Bertz CT molecular complexity index is 1670. The third-order valence-electron chi connectivity index (χ3n) is 6.18. The van der Waals surface area contributed by atoms with Crippen LogP contribution in [0.2, 0.25) is 0 Å². The number of halogens is 1. The number of phenolic OH excluding ortho intramolecular Hbond substituents is 1. The number of thiazole rings is 1. The van der Waals surface area contributed by atoms with Gasteiger partial charge in [-0.1, -0.05) is 84.9 Å². The van der Waals surface area contributed by atoms with Crippen LogP contribution in [0.4, 0.5) is 5.69 Å². The van der Waals surface area contributed by atoms with Gasteiger partial charge in [-0.3, -0.25) is 4.99 Å². The SMILES string of the molecule is Oc1ccc(I)cc1/C=N/c1ccccc1-c1nc2c(-c3ccccc3)ccc(-c3ccccc3)c2s1. The maximum Gasteiger partial charge on any atom is 0.126 e. The number of aliphatic imine (C=N–C) groups is 1. The molecule has 0 atom stereocenters. The molecule has 0 aliphatic heterocycles. The van der Waals surface area contributed by atoms with Crippen molar-refractivity contribution in [3.8, 4) is 38.6 Å². The van der Waals surface area contributed by atoms with Gasteiger partial charge in [0.15, 0.2) is 0 Å². The highest BCUT2D eigenvalue weighted by Crippen LogP contribution is 2.43. The molecule has 0 spiro atoms. The van der Waals surface area contributed by atoms with E-state index in [0.29, 0.717) is 5.56 Å². The summed E-state index contributed by atoms with van der Waals surface area (Å²) in [5.41, 5.74) is 8.04. The fraction of sp³-hybridized carbons (Fsp3) is 0. The number of hydrogen-bond acceptors (Lipinski definition) is 4. The predicted octanol–water partition coefficient (Wildman–Crippen LogP) is 9.36. The number of nitrogens with zero attached hydrogens (tertiary/aromatic N) is 2. The average Bonchev–Trinajstić information content (AvgIpc) is 3.39. The summed E-state index contributed by atoms with van der Waals surface area (Å²) in [6, 6.07) is 38.7. The predicted molar refractivity (Wildman–Crippen MR) is 164 cm³/mol. The molecule has 5 aromatic carbocycles. The molecule has 1 aromatic heterocycles. The maximum absolute atomic E-state index is 10.3. The minimum atomic E-state index is 0.210. The molecule has 5 heteroatoms. The number of fused-ring (bicyclic) bond motifs is 1. The highest BCUT2D eigenvalue weighted by Gasteiger charge is 2.17. The van der Waals surface area contributed by atoms with Crippen molar-refractivity contribution in [1.82, 2.24) is 4.98 Å². The monoisotopic (exact) mass is 608 g/mol. The molecule has 37 heavy (non-hydrogen) atoms. The number of aromatic hydroxyl groups is 1. The first-order chi connectivity index (χ1) is 18.2. The highest BCUT2D eigenvalue weighted by molar-refractivity contribution is 14.1. The first kappa shape index (κ1) is 23.6. The fourth-order valence-electron chi connectivity index (χ4n) is 4.35. The van der Waals surface area contributed by atoms with Gasteiger partial charge < -0.3 is 5.11 Å². The van der Waals surface area contributed by atoms with E-state index in [1.54, 1.807) is 23.6 Å². The Morgan fingerprint density at radius 2 is 1.35 bits per heavy atom. The second kappa shape index (κ2) is 10.3. The van der Waals surface area contributed by atoms with Crippen molar-refractivity contribution < 1.29 is 5.11 Å². The van der Waals surface area contributed by atoms with E-state index in [-0.39, 0.29) is 5.75 Å². The van der Waals surface area contributed by atoms with E-state index in [1.807, 2.05) is 42.5 Å². The molecule has 0 fully saturated rings. The van der Waals surface area contributed by atoms with E-state index in [2.05, 4.69) is 89.3 Å². The van der Waals surface area contributed by atoms with Gasteiger partial charge in [-0.15, -0.1) is 11.3 Å². The molecule has 0 radical (unpaired) electrons. The summed E-state index contributed by atoms with van der Waals surface area (Å²) in [5, 5.41) is 11.2. The van der Waals surface area contributed by atoms with Crippen molar-refractivity contribution >= 4 is 56.0 Å². The molecule has 0 saturated carbocycles. The Kier molecular flexibility index (Phi) is 6.55. The molecule has 0 amide bonds. The first-order valence-electron chi connectivity index (χ1n) is 11.8. The minimum Gasteiger partial charge on any atom is -0.507 e. The molecular formula is C32H21IN2OS. The minimum absolute atomic E-state index is 0.210. The van der Waals surface area contributed by atoms with Gasteiger partial charge in [0, 0.05) is 32.0 Å². The van der Waals surface area contributed by atoms with Gasteiger partial charge >= 0.3 is 0 Å². The van der Waals surface area contributed by atoms with Crippen LogP contribution in [-0.2, 0) is 0 Å². The summed E-state index contributed by atoms with van der Waals surface area (Å²) in [6.07, 6.45) is 1.72. The van der Waals surface area contributed by atoms with Crippen LogP contribution in [0.15, 0.2) is 120 Å². The number of rotatable bonds is 5. The lowest BCUT2D eigenvalue weighted by atomic mass is 9.99. The van der Waals surface area contributed by atoms with Crippen molar-refractivity contribution in [1.29, 1.82) is 0 Å². The Labute approximate surface area is 233 Å². The van der Waals surface area contributed by atoms with Crippen LogP contribution in [0.1, 0.15) is 5.56 Å². The van der Waals surface area contributed by atoms with Gasteiger partial charge in [-0.2, -0.15) is 0 Å². The molecule has 6 aromatic rings. The topological polar surface area (TPSA) is 45.5 Å². The van der Waals surface area contributed by atoms with Gasteiger partial charge in [0.05, 0.1) is 15.9 Å². The number of phenols is 1. The first-order valence-corrected chi connectivity index (χ1v) is 13.7. The quantitative estimate of drug-likeness (QED) is 0.157. The van der Waals surface area contributed by atoms with E-state index >= 15 is 0 Å². The lowest BCUT2D eigenvalue weighted by Crippen LogP contribution is -1.85. The Morgan fingerprint density at radius 1 is 0.703 bits per heavy atom. The summed E-state index contributed by atoms with van der Waals surface area (Å²) >= 11 is 3.92. The van der Waals surface area contributed by atoms with E-state index < -0.39 is 0 Å². The normalized spacial score (nSPS) is 11.4. The van der Waals surface area contributed by atoms with E-state index in [1.165, 1.54) is 11.1 Å². The molecule has 1 heterocycles. The van der Waals surface area contributed by atoms with E-state index in [9.17, 15) is 5.11 Å². The zero-order valence-corrected chi connectivity index (χ0v) is 22.6. The lowest BCUT2D eigenvalue weighted by molar-refractivity contribution is 0.474. The Morgan fingerprint density at radius 3 is 2.11 bits per heavy atom. The molecule has 178 valence electrons. The molecule has 0 aliphatic carbocycles. The van der Waals surface area contributed by atoms with E-state index in [4.69, 9.17) is 9.98 Å². The number of aromatic nitrogens is 1. The van der Waals surface area contributed by atoms with Crippen LogP contribution < -0.4 is 0 Å². The molecule has 0 saturated heterocycles. The zero-order valence-electron chi connectivity index (χ0n) is 19.7. The second-order valence-corrected chi connectivity index (χ2v) is 10.8. The highest BCUT2D eigenvalue weighted by atomic mass is 127. The van der Waals surface area contributed by atoms with Crippen LogP contribution in [0, 0.1) is 3.57 Å². The summed E-state index contributed by atoms with van der Waals surface area (Å²) in [7, 11) is 0. The largest absolute Gasteiger partial charge is 0.507 e. The Hall–Kier alpha value is -3.81. The molecule has 0 aliphatic rings. The van der Waals surface area contributed by atoms with Crippen LogP contribution in [0.5, 0.6) is 5.75 Å². The van der Waals surface area contributed by atoms with Gasteiger partial charge in [0.1, 0.15) is 10.8 Å². The molecule has 0 unspecified atom stereocenters. The summed E-state index contributed by atoms with van der Waals surface area (Å²) in [6.45, 7) is 0. The second-order valence-electron chi connectivity index (χ2n) is 8.57. The van der Waals surface area contributed by atoms with Gasteiger partial charge in [0.25, 0.3) is 0 Å². The third-order valence-corrected chi connectivity index (χ3v) is 7.97. The maximum atomic E-state index is 10.3. The van der Waals surface area contributed by atoms with Gasteiger partial charge in [0.2, 0.25) is 0 Å². The third kappa shape index (κ3) is 4.80. The van der Waals surface area contributed by atoms with Gasteiger partial charge in [-0.25, -0.2) is 4.98 Å². The Balaban J connectivity index is 1.52. The van der Waals surface area contributed by atoms with Gasteiger partial charge in [-0.05, 0) is 64.0 Å². The van der Waals surface area contributed by atoms with Crippen molar-refractivity contribution in [2.75, 3.05) is 0 Å². The van der Waals surface area contributed by atoms with Crippen LogP contribution >= 0.6 is 33.9 Å². The fourth-order valence-corrected chi connectivity index (χ4v) is 6.03. The average molecular weight is 609 g/mol.